The molecule has 2 amide bonds. The summed E-state index contributed by atoms with van der Waals surface area (Å²) in [5.74, 6) is 0.722. The van der Waals surface area contributed by atoms with Gasteiger partial charge in [-0.25, -0.2) is 0 Å². The fraction of sp³-hybridized carbons (Fsp3) is 0.366. The summed E-state index contributed by atoms with van der Waals surface area (Å²) < 4.78 is 21.4. The van der Waals surface area contributed by atoms with Crippen LogP contribution in [0.25, 0.3) is 0 Å². The van der Waals surface area contributed by atoms with Gasteiger partial charge in [0.05, 0.1) is 40.5 Å². The number of hydrogen-bond donors (Lipinski definition) is 4. The number of carbonyl (C=O) groups excluding carboxylic acids is 2. The molecular formula is C41H50N2O8. The molecule has 0 saturated carbocycles. The molecule has 0 heterocycles. The van der Waals surface area contributed by atoms with E-state index in [4.69, 9.17) is 18.9 Å². The number of hydrogen-bond acceptors (Lipinski definition) is 8. The van der Waals surface area contributed by atoms with Crippen LogP contribution in [0.3, 0.4) is 0 Å². The van der Waals surface area contributed by atoms with Crippen molar-refractivity contribution in [3.05, 3.63) is 119 Å². The highest BCUT2D eigenvalue weighted by molar-refractivity contribution is 5.97. The molecule has 10 heteroatoms. The molecule has 0 aromatic heterocycles. The zero-order chi connectivity index (χ0) is 37.3. The first-order chi connectivity index (χ1) is 24.3. The predicted molar refractivity (Wildman–Crippen MR) is 196 cm³/mol. The van der Waals surface area contributed by atoms with E-state index in [-0.39, 0.29) is 11.8 Å². The van der Waals surface area contributed by atoms with Crippen molar-refractivity contribution in [2.75, 3.05) is 28.4 Å². The Kier molecular flexibility index (Phi) is 12.7. The fourth-order valence-electron chi connectivity index (χ4n) is 6.53. The summed E-state index contributed by atoms with van der Waals surface area (Å²) >= 11 is 0. The van der Waals surface area contributed by atoms with Crippen molar-refractivity contribution in [3.8, 4) is 23.0 Å². The SMILES string of the molecule is COc1ccc(C(O)(c2ccc(OC)cc2)[C@H](NC(=O)CC(=O)N[C@H](C(C)C)C(O)(c2ccc(OC)cc2)c2ccc(OC)cc2)C(C)C)cc1. The first kappa shape index (κ1) is 38.7. The molecule has 51 heavy (non-hydrogen) atoms. The summed E-state index contributed by atoms with van der Waals surface area (Å²) in [7, 11) is 6.24. The molecule has 2 atom stereocenters. The summed E-state index contributed by atoms with van der Waals surface area (Å²) in [6.45, 7) is 7.56. The molecule has 4 rings (SSSR count). The maximum absolute atomic E-state index is 13.7. The van der Waals surface area contributed by atoms with E-state index in [1.54, 1.807) is 126 Å². The van der Waals surface area contributed by atoms with E-state index in [1.807, 2.05) is 27.7 Å². The highest BCUT2D eigenvalue weighted by Gasteiger charge is 2.45. The van der Waals surface area contributed by atoms with Crippen molar-refractivity contribution in [2.45, 2.75) is 57.4 Å². The average Bonchev–Trinajstić information content (AvgIpc) is 3.15. The van der Waals surface area contributed by atoms with E-state index in [0.29, 0.717) is 45.3 Å². The Labute approximate surface area is 300 Å². The third kappa shape index (κ3) is 8.46. The van der Waals surface area contributed by atoms with Crippen LogP contribution in [0.15, 0.2) is 97.1 Å². The minimum absolute atomic E-state index is 0.273. The van der Waals surface area contributed by atoms with Crippen LogP contribution in [0.5, 0.6) is 23.0 Å². The molecular weight excluding hydrogens is 648 g/mol. The van der Waals surface area contributed by atoms with Gasteiger partial charge in [0.15, 0.2) is 0 Å². The van der Waals surface area contributed by atoms with Crippen LogP contribution in [0.2, 0.25) is 0 Å². The van der Waals surface area contributed by atoms with E-state index in [9.17, 15) is 19.8 Å². The van der Waals surface area contributed by atoms with Crippen LogP contribution in [-0.2, 0) is 20.8 Å². The first-order valence-electron chi connectivity index (χ1n) is 16.9. The monoisotopic (exact) mass is 698 g/mol. The van der Waals surface area contributed by atoms with Crippen LogP contribution in [-0.4, -0.2) is 62.6 Å². The second-order valence-corrected chi connectivity index (χ2v) is 13.2. The lowest BCUT2D eigenvalue weighted by molar-refractivity contribution is -0.133. The Morgan fingerprint density at radius 2 is 0.706 bits per heavy atom. The molecule has 10 nitrogen and oxygen atoms in total. The maximum atomic E-state index is 13.7. The van der Waals surface area contributed by atoms with Crippen LogP contribution < -0.4 is 29.6 Å². The number of nitrogens with one attached hydrogen (secondary N) is 2. The van der Waals surface area contributed by atoms with Gasteiger partial charge in [0.2, 0.25) is 11.8 Å². The molecule has 0 fully saturated rings. The van der Waals surface area contributed by atoms with Crippen molar-refractivity contribution in [3.63, 3.8) is 0 Å². The number of methoxy groups -OCH3 is 4. The van der Waals surface area contributed by atoms with E-state index < -0.39 is 41.5 Å². The van der Waals surface area contributed by atoms with Crippen molar-refractivity contribution in [2.24, 2.45) is 11.8 Å². The van der Waals surface area contributed by atoms with Gasteiger partial charge in [-0.2, -0.15) is 0 Å². The van der Waals surface area contributed by atoms with E-state index in [0.717, 1.165) is 0 Å². The largest absolute Gasteiger partial charge is 0.497 e. The standard InChI is InChI=1S/C41H50N2O8/c1-26(2)38(40(46,28-9-17-32(48-5)18-10-28)29-11-19-33(49-6)20-12-29)42-36(44)25-37(45)43-39(27(3)4)41(47,30-13-21-34(50-7)22-14-30)31-15-23-35(51-8)24-16-31/h9-24,26-27,38-39,46-47H,25H2,1-8H3,(H,42,44)(H,43,45)/t38-,39-/m1/s1. The number of ether oxygens (including phenoxy) is 4. The highest BCUT2D eigenvalue weighted by Crippen LogP contribution is 2.39. The van der Waals surface area contributed by atoms with Crippen molar-refractivity contribution >= 4 is 11.8 Å². The van der Waals surface area contributed by atoms with Crippen LogP contribution >= 0.6 is 0 Å². The first-order valence-corrected chi connectivity index (χ1v) is 16.9. The quantitative estimate of drug-likeness (QED) is 0.112. The smallest absolute Gasteiger partial charge is 0.229 e. The average molecular weight is 699 g/mol. The van der Waals surface area contributed by atoms with Crippen molar-refractivity contribution < 1.29 is 38.7 Å². The Morgan fingerprint density at radius 1 is 0.490 bits per heavy atom. The minimum Gasteiger partial charge on any atom is -0.497 e. The van der Waals surface area contributed by atoms with Crippen LogP contribution in [0.4, 0.5) is 0 Å². The summed E-state index contributed by atoms with van der Waals surface area (Å²) in [5, 5.41) is 31.1. The van der Waals surface area contributed by atoms with Crippen LogP contribution in [0.1, 0.15) is 56.4 Å². The number of amides is 2. The molecule has 4 N–H and O–H groups in total. The zero-order valence-electron chi connectivity index (χ0n) is 30.6. The fourth-order valence-corrected chi connectivity index (χ4v) is 6.53. The van der Waals surface area contributed by atoms with Gasteiger partial charge in [0.1, 0.15) is 40.6 Å². The van der Waals surface area contributed by atoms with Crippen molar-refractivity contribution in [1.82, 2.24) is 10.6 Å². The van der Waals surface area contributed by atoms with Gasteiger partial charge in [-0.15, -0.1) is 0 Å². The van der Waals surface area contributed by atoms with Crippen molar-refractivity contribution in [1.29, 1.82) is 0 Å². The Bertz CT molecular complexity index is 1500. The second kappa shape index (κ2) is 16.8. The lowest BCUT2D eigenvalue weighted by Gasteiger charge is -2.41. The number of carbonyl (C=O) groups is 2. The van der Waals surface area contributed by atoms with Gasteiger partial charge in [0, 0.05) is 0 Å². The van der Waals surface area contributed by atoms with Crippen LogP contribution in [0, 0.1) is 11.8 Å². The molecule has 4 aromatic rings. The molecule has 272 valence electrons. The normalized spacial score (nSPS) is 12.9. The molecule has 0 saturated heterocycles. The molecule has 0 radical (unpaired) electrons. The zero-order valence-corrected chi connectivity index (χ0v) is 30.6. The summed E-state index contributed by atoms with van der Waals surface area (Å²) in [5.41, 5.74) is -1.27. The lowest BCUT2D eigenvalue weighted by atomic mass is 9.75. The topological polar surface area (TPSA) is 136 Å². The number of benzene rings is 4. The molecule has 4 aromatic carbocycles. The highest BCUT2D eigenvalue weighted by atomic mass is 16.5. The van der Waals surface area contributed by atoms with E-state index in [1.165, 1.54) is 0 Å². The lowest BCUT2D eigenvalue weighted by Crippen LogP contribution is -2.56. The molecule has 0 bridgehead atoms. The maximum Gasteiger partial charge on any atom is 0.229 e. The third-order valence-electron chi connectivity index (χ3n) is 9.31. The Hall–Kier alpha value is -5.06. The molecule has 0 aliphatic rings. The Morgan fingerprint density at radius 3 is 0.882 bits per heavy atom. The van der Waals surface area contributed by atoms with Gasteiger partial charge in [-0.05, 0) is 82.6 Å². The summed E-state index contributed by atoms with van der Waals surface area (Å²) in [4.78, 5) is 27.5. The summed E-state index contributed by atoms with van der Waals surface area (Å²) in [6, 6.07) is 26.3. The number of aliphatic hydroxyl groups is 2. The van der Waals surface area contributed by atoms with Gasteiger partial charge < -0.3 is 39.8 Å². The second-order valence-electron chi connectivity index (χ2n) is 13.2. The summed E-state index contributed by atoms with van der Waals surface area (Å²) in [6.07, 6.45) is -0.547. The van der Waals surface area contributed by atoms with Gasteiger partial charge in [-0.3, -0.25) is 9.59 Å². The predicted octanol–water partition coefficient (Wildman–Crippen LogP) is 5.56. The van der Waals surface area contributed by atoms with Gasteiger partial charge in [0.25, 0.3) is 0 Å². The third-order valence-corrected chi connectivity index (χ3v) is 9.31. The van der Waals surface area contributed by atoms with E-state index >= 15 is 0 Å². The molecule has 0 unspecified atom stereocenters. The molecule has 0 aliphatic carbocycles. The number of rotatable bonds is 16. The van der Waals surface area contributed by atoms with E-state index in [2.05, 4.69) is 10.6 Å². The Balaban J connectivity index is 1.65. The molecule has 0 spiro atoms. The van der Waals surface area contributed by atoms with Gasteiger partial charge >= 0.3 is 0 Å². The molecule has 0 aliphatic heterocycles. The van der Waals surface area contributed by atoms with Gasteiger partial charge in [-0.1, -0.05) is 76.2 Å². The minimum atomic E-state index is -1.69.